The Labute approximate surface area is 123 Å². The number of benzene rings is 1. The Morgan fingerprint density at radius 2 is 1.76 bits per heavy atom. The molecule has 0 saturated heterocycles. The van der Waals surface area contributed by atoms with Crippen LogP contribution in [0.15, 0.2) is 18.2 Å². The van der Waals surface area contributed by atoms with Gasteiger partial charge in [0.2, 0.25) is 0 Å². The maximum absolute atomic E-state index is 14.0. The van der Waals surface area contributed by atoms with E-state index in [1.54, 1.807) is 13.0 Å². The number of alkyl halides is 3. The van der Waals surface area contributed by atoms with Crippen molar-refractivity contribution in [1.82, 2.24) is 5.32 Å². The summed E-state index contributed by atoms with van der Waals surface area (Å²) in [6.07, 6.45) is -4.35. The molecule has 0 heterocycles. The van der Waals surface area contributed by atoms with Gasteiger partial charge in [-0.3, -0.25) is 0 Å². The summed E-state index contributed by atoms with van der Waals surface area (Å²) in [5.74, 6) is -0.630. The highest BCUT2D eigenvalue weighted by molar-refractivity contribution is 5.49. The molecule has 0 aliphatic heterocycles. The minimum Gasteiger partial charge on any atom is -0.360 e. The molecule has 0 aliphatic carbocycles. The van der Waals surface area contributed by atoms with Gasteiger partial charge in [0.25, 0.3) is 0 Å². The van der Waals surface area contributed by atoms with E-state index in [0.29, 0.717) is 12.1 Å². The van der Waals surface area contributed by atoms with E-state index in [1.165, 1.54) is 12.1 Å². The predicted octanol–water partition coefficient (Wildman–Crippen LogP) is 4.10. The Morgan fingerprint density at radius 1 is 1.14 bits per heavy atom. The fraction of sp³-hybridized carbons (Fsp3) is 0.600. The maximum Gasteiger partial charge on any atom is 0.405 e. The lowest BCUT2D eigenvalue weighted by molar-refractivity contribution is -0.119. The highest BCUT2D eigenvalue weighted by Gasteiger charge is 2.31. The van der Waals surface area contributed by atoms with E-state index in [-0.39, 0.29) is 17.8 Å². The van der Waals surface area contributed by atoms with Crippen molar-refractivity contribution in [2.45, 2.75) is 46.0 Å². The predicted molar refractivity (Wildman–Crippen MR) is 76.9 cm³/mol. The van der Waals surface area contributed by atoms with Gasteiger partial charge >= 0.3 is 6.18 Å². The van der Waals surface area contributed by atoms with Gasteiger partial charge in [-0.25, -0.2) is 4.39 Å². The maximum atomic E-state index is 14.0. The van der Waals surface area contributed by atoms with Crippen molar-refractivity contribution >= 4 is 5.69 Å². The molecule has 1 aromatic rings. The van der Waals surface area contributed by atoms with Crippen LogP contribution in [0.3, 0.4) is 0 Å². The first-order valence-corrected chi connectivity index (χ1v) is 6.87. The SMILES string of the molecule is CCN(CC(F)(F)F)c1ccc(CNC(C)(C)C)cc1F. The minimum absolute atomic E-state index is 0.0191. The zero-order valence-electron chi connectivity index (χ0n) is 12.8. The van der Waals surface area contributed by atoms with Gasteiger partial charge in [0, 0.05) is 18.6 Å². The second kappa shape index (κ2) is 6.64. The molecular weight excluding hydrogens is 284 g/mol. The summed E-state index contributed by atoms with van der Waals surface area (Å²) in [5.41, 5.74) is 0.574. The normalized spacial score (nSPS) is 12.6. The van der Waals surface area contributed by atoms with Crippen LogP contribution in [0.2, 0.25) is 0 Å². The molecule has 0 saturated carbocycles. The summed E-state index contributed by atoms with van der Waals surface area (Å²) < 4.78 is 51.4. The lowest BCUT2D eigenvalue weighted by atomic mass is 10.1. The van der Waals surface area contributed by atoms with Crippen LogP contribution in [0.4, 0.5) is 23.2 Å². The quantitative estimate of drug-likeness (QED) is 0.824. The van der Waals surface area contributed by atoms with E-state index in [9.17, 15) is 17.6 Å². The van der Waals surface area contributed by atoms with Gasteiger partial charge in [0.1, 0.15) is 12.4 Å². The van der Waals surface area contributed by atoms with Crippen molar-refractivity contribution < 1.29 is 17.6 Å². The number of hydrogen-bond donors (Lipinski definition) is 1. The number of halogens is 4. The summed E-state index contributed by atoms with van der Waals surface area (Å²) in [7, 11) is 0. The van der Waals surface area contributed by atoms with E-state index in [2.05, 4.69) is 5.32 Å². The van der Waals surface area contributed by atoms with Crippen LogP contribution in [-0.4, -0.2) is 24.8 Å². The van der Waals surface area contributed by atoms with Crippen LogP contribution in [0, 0.1) is 5.82 Å². The van der Waals surface area contributed by atoms with Crippen LogP contribution in [0.25, 0.3) is 0 Å². The molecule has 0 fully saturated rings. The lowest BCUT2D eigenvalue weighted by Crippen LogP contribution is -2.35. The van der Waals surface area contributed by atoms with Crippen molar-refractivity contribution in [2.24, 2.45) is 0 Å². The fourth-order valence-electron chi connectivity index (χ4n) is 1.87. The van der Waals surface area contributed by atoms with Crippen molar-refractivity contribution in [3.8, 4) is 0 Å². The minimum atomic E-state index is -4.35. The van der Waals surface area contributed by atoms with E-state index < -0.39 is 18.5 Å². The van der Waals surface area contributed by atoms with Crippen molar-refractivity contribution in [3.63, 3.8) is 0 Å². The second-order valence-corrected chi connectivity index (χ2v) is 6.02. The first kappa shape index (κ1) is 17.8. The van der Waals surface area contributed by atoms with Gasteiger partial charge in [-0.05, 0) is 45.4 Å². The summed E-state index contributed by atoms with van der Waals surface area (Å²) in [4.78, 5) is 0.982. The number of rotatable bonds is 5. The highest BCUT2D eigenvalue weighted by atomic mass is 19.4. The number of anilines is 1. The summed E-state index contributed by atoms with van der Waals surface area (Å²) in [6.45, 7) is 6.93. The smallest absolute Gasteiger partial charge is 0.360 e. The molecule has 0 unspecified atom stereocenters. The molecule has 0 amide bonds. The van der Waals surface area contributed by atoms with Crippen LogP contribution >= 0.6 is 0 Å². The molecule has 1 rings (SSSR count). The number of nitrogens with one attached hydrogen (secondary N) is 1. The molecule has 0 aliphatic rings. The van der Waals surface area contributed by atoms with E-state index in [4.69, 9.17) is 0 Å². The molecule has 6 heteroatoms. The van der Waals surface area contributed by atoms with Crippen molar-refractivity contribution in [2.75, 3.05) is 18.0 Å². The van der Waals surface area contributed by atoms with Crippen LogP contribution in [-0.2, 0) is 6.54 Å². The first-order valence-electron chi connectivity index (χ1n) is 6.87. The molecule has 21 heavy (non-hydrogen) atoms. The van der Waals surface area contributed by atoms with Crippen molar-refractivity contribution in [3.05, 3.63) is 29.6 Å². The number of hydrogen-bond acceptors (Lipinski definition) is 2. The highest BCUT2D eigenvalue weighted by Crippen LogP contribution is 2.25. The Morgan fingerprint density at radius 3 is 2.19 bits per heavy atom. The average Bonchev–Trinajstić information content (AvgIpc) is 2.32. The summed E-state index contributed by atoms with van der Waals surface area (Å²) >= 11 is 0. The Balaban J connectivity index is 2.86. The molecule has 1 aromatic carbocycles. The topological polar surface area (TPSA) is 15.3 Å². The standard InChI is InChI=1S/C15H22F4N2/c1-5-21(10-15(17,18)19)13-7-6-11(8-12(13)16)9-20-14(2,3)4/h6-8,20H,5,9-10H2,1-4H3. The van der Waals surface area contributed by atoms with Crippen LogP contribution in [0.1, 0.15) is 33.3 Å². The van der Waals surface area contributed by atoms with Crippen LogP contribution < -0.4 is 10.2 Å². The first-order chi connectivity index (χ1) is 9.52. The van der Waals surface area contributed by atoms with Gasteiger partial charge in [-0.2, -0.15) is 13.2 Å². The lowest BCUT2D eigenvalue weighted by Gasteiger charge is -2.25. The van der Waals surface area contributed by atoms with Gasteiger partial charge in [0.15, 0.2) is 0 Å². The second-order valence-electron chi connectivity index (χ2n) is 6.02. The summed E-state index contributed by atoms with van der Waals surface area (Å²) in [5, 5.41) is 3.21. The Bertz CT molecular complexity index is 464. The third-order valence-corrected chi connectivity index (χ3v) is 2.93. The van der Waals surface area contributed by atoms with E-state index >= 15 is 0 Å². The van der Waals surface area contributed by atoms with Gasteiger partial charge in [-0.15, -0.1) is 0 Å². The molecule has 0 atom stereocenters. The summed E-state index contributed by atoms with van der Waals surface area (Å²) in [6, 6.07) is 4.34. The van der Waals surface area contributed by atoms with Crippen LogP contribution in [0.5, 0.6) is 0 Å². The van der Waals surface area contributed by atoms with Gasteiger partial charge < -0.3 is 10.2 Å². The largest absolute Gasteiger partial charge is 0.405 e. The van der Waals surface area contributed by atoms with Gasteiger partial charge in [0.05, 0.1) is 5.69 Å². The zero-order valence-corrected chi connectivity index (χ0v) is 12.8. The molecular formula is C15H22F4N2. The third kappa shape index (κ3) is 6.33. The molecule has 1 N–H and O–H groups in total. The average molecular weight is 306 g/mol. The third-order valence-electron chi connectivity index (χ3n) is 2.93. The molecule has 0 radical (unpaired) electrons. The molecule has 0 bridgehead atoms. The van der Waals surface area contributed by atoms with Crippen molar-refractivity contribution in [1.29, 1.82) is 0 Å². The fourth-order valence-corrected chi connectivity index (χ4v) is 1.87. The number of nitrogens with zero attached hydrogens (tertiary/aromatic N) is 1. The Kier molecular flexibility index (Phi) is 5.61. The van der Waals surface area contributed by atoms with Gasteiger partial charge in [-0.1, -0.05) is 6.07 Å². The Hall–Kier alpha value is -1.30. The molecule has 0 spiro atoms. The monoisotopic (exact) mass is 306 g/mol. The van der Waals surface area contributed by atoms with E-state index in [1.807, 2.05) is 20.8 Å². The zero-order chi connectivity index (χ0) is 16.3. The molecule has 120 valence electrons. The molecule has 2 nitrogen and oxygen atoms in total. The molecule has 0 aromatic heterocycles. The van der Waals surface area contributed by atoms with E-state index in [0.717, 1.165) is 4.90 Å².